The van der Waals surface area contributed by atoms with Gasteiger partial charge in [0.05, 0.1) is 30.6 Å². The van der Waals surface area contributed by atoms with E-state index in [1.54, 1.807) is 40.5 Å². The summed E-state index contributed by atoms with van der Waals surface area (Å²) in [6.07, 6.45) is 3.22. The zero-order chi connectivity index (χ0) is 17.2. The van der Waals surface area contributed by atoms with E-state index in [9.17, 15) is 4.79 Å². The minimum atomic E-state index is -0.349. The molecule has 1 aromatic carbocycles. The molecule has 0 aliphatic rings. The quantitative estimate of drug-likeness (QED) is 0.488. The molecule has 0 aliphatic carbocycles. The van der Waals surface area contributed by atoms with Crippen molar-refractivity contribution in [3.63, 3.8) is 0 Å². The zero-order valence-corrected chi connectivity index (χ0v) is 15.1. The molecule has 4 rings (SSSR count). The number of carbonyl (C=O) groups is 1. The molecule has 0 saturated carbocycles. The fourth-order valence-corrected chi connectivity index (χ4v) is 4.33. The molecular formula is C18H15N3O2S2. The molecule has 0 amide bonds. The monoisotopic (exact) mass is 369 g/mol. The Hall–Kier alpha value is -2.51. The number of nitrogens with zero attached hydrogens (tertiary/aromatic N) is 3. The van der Waals surface area contributed by atoms with Gasteiger partial charge in [-0.15, -0.1) is 22.7 Å². The normalized spacial score (nSPS) is 11.1. The van der Waals surface area contributed by atoms with Crippen LogP contribution >= 0.6 is 22.7 Å². The summed E-state index contributed by atoms with van der Waals surface area (Å²) in [6.45, 7) is 2.67. The topological polar surface area (TPSA) is 57.0 Å². The maximum atomic E-state index is 11.7. The van der Waals surface area contributed by atoms with Gasteiger partial charge in [0, 0.05) is 32.6 Å². The fourth-order valence-electron chi connectivity index (χ4n) is 2.59. The molecule has 0 aliphatic heterocycles. The van der Waals surface area contributed by atoms with E-state index in [-0.39, 0.29) is 5.97 Å². The van der Waals surface area contributed by atoms with Gasteiger partial charge in [0.15, 0.2) is 0 Å². The number of fused-ring (bicyclic) bond motifs is 1. The van der Waals surface area contributed by atoms with E-state index >= 15 is 0 Å². The lowest BCUT2D eigenvalue weighted by molar-refractivity contribution is 0.0526. The number of benzene rings is 1. The highest BCUT2D eigenvalue weighted by atomic mass is 32.1. The summed E-state index contributed by atoms with van der Waals surface area (Å²) in [7, 11) is 0. The summed E-state index contributed by atoms with van der Waals surface area (Å²) < 4.78 is 7.95. The lowest BCUT2D eigenvalue weighted by atomic mass is 10.1. The van der Waals surface area contributed by atoms with Crippen LogP contribution < -0.4 is 0 Å². The van der Waals surface area contributed by atoms with Crippen LogP contribution in [0, 0.1) is 0 Å². The number of hydrogen-bond acceptors (Lipinski definition) is 6. The lowest BCUT2D eigenvalue weighted by Crippen LogP contribution is -2.03. The predicted molar refractivity (Wildman–Crippen MR) is 100 cm³/mol. The average Bonchev–Trinajstić information content (AvgIpc) is 3.34. The Labute approximate surface area is 152 Å². The number of thiazole rings is 1. The van der Waals surface area contributed by atoms with Crippen LogP contribution in [-0.2, 0) is 11.3 Å². The van der Waals surface area contributed by atoms with Gasteiger partial charge in [0.25, 0.3) is 0 Å². The molecule has 0 spiro atoms. The van der Waals surface area contributed by atoms with Gasteiger partial charge < -0.3 is 4.74 Å². The maximum absolute atomic E-state index is 11.7. The second-order valence-corrected chi connectivity index (χ2v) is 7.27. The van der Waals surface area contributed by atoms with Crippen molar-refractivity contribution in [1.29, 1.82) is 0 Å². The Balaban J connectivity index is 1.55. The van der Waals surface area contributed by atoms with Crippen molar-refractivity contribution in [2.45, 2.75) is 13.5 Å². The van der Waals surface area contributed by atoms with Gasteiger partial charge >= 0.3 is 5.97 Å². The average molecular weight is 369 g/mol. The highest BCUT2D eigenvalue weighted by Gasteiger charge is 2.12. The molecule has 25 heavy (non-hydrogen) atoms. The molecule has 0 bridgehead atoms. The third-order valence-electron chi connectivity index (χ3n) is 3.75. The van der Waals surface area contributed by atoms with Gasteiger partial charge in [-0.05, 0) is 13.0 Å². The first-order valence-electron chi connectivity index (χ1n) is 7.85. The second-order valence-electron chi connectivity index (χ2n) is 5.42. The molecule has 0 saturated heterocycles. The largest absolute Gasteiger partial charge is 0.462 e. The van der Waals surface area contributed by atoms with Crippen LogP contribution in [0.1, 0.15) is 22.3 Å². The molecule has 0 radical (unpaired) electrons. The number of hydrogen-bond donors (Lipinski definition) is 0. The zero-order valence-electron chi connectivity index (χ0n) is 13.5. The van der Waals surface area contributed by atoms with Crippen LogP contribution in [0.4, 0.5) is 0 Å². The molecule has 3 aromatic heterocycles. The Morgan fingerprint density at radius 3 is 3.00 bits per heavy atom. The van der Waals surface area contributed by atoms with Crippen molar-refractivity contribution in [3.05, 3.63) is 58.0 Å². The summed E-state index contributed by atoms with van der Waals surface area (Å²) in [5.74, 6) is -0.349. The van der Waals surface area contributed by atoms with E-state index in [1.807, 2.05) is 12.1 Å². The number of esters is 1. The molecule has 0 unspecified atom stereocenters. The summed E-state index contributed by atoms with van der Waals surface area (Å²) >= 11 is 3.32. The van der Waals surface area contributed by atoms with Crippen molar-refractivity contribution in [2.24, 2.45) is 0 Å². The van der Waals surface area contributed by atoms with E-state index < -0.39 is 0 Å². The Morgan fingerprint density at radius 1 is 1.24 bits per heavy atom. The van der Waals surface area contributed by atoms with Crippen molar-refractivity contribution < 1.29 is 9.53 Å². The number of aromatic nitrogens is 3. The third kappa shape index (κ3) is 3.20. The Morgan fingerprint density at radius 2 is 2.12 bits per heavy atom. The number of ether oxygens (including phenoxy) is 1. The van der Waals surface area contributed by atoms with E-state index in [0.29, 0.717) is 18.7 Å². The SMILES string of the molecule is CCOC(=O)c1cnn(Cc2nc(-c3csc4ccccc34)cs2)c1. The number of rotatable bonds is 5. The molecule has 5 nitrogen and oxygen atoms in total. The van der Waals surface area contributed by atoms with Gasteiger partial charge in [-0.3, -0.25) is 4.68 Å². The van der Waals surface area contributed by atoms with Crippen molar-refractivity contribution in [2.75, 3.05) is 6.61 Å². The van der Waals surface area contributed by atoms with Crippen LogP contribution in [-0.4, -0.2) is 27.3 Å². The van der Waals surface area contributed by atoms with E-state index in [2.05, 4.69) is 28.0 Å². The van der Waals surface area contributed by atoms with E-state index in [4.69, 9.17) is 9.72 Å². The van der Waals surface area contributed by atoms with Crippen LogP contribution in [0.15, 0.2) is 47.4 Å². The highest BCUT2D eigenvalue weighted by Crippen LogP contribution is 2.34. The Kier molecular flexibility index (Phi) is 4.33. The Bertz CT molecular complexity index is 1030. The standard InChI is InChI=1S/C18H15N3O2S2/c1-2-23-18(22)12-7-19-21(8-12)9-17-20-15(11-25-17)14-10-24-16-6-4-3-5-13(14)16/h3-8,10-11H,2,9H2,1H3. The molecule has 0 N–H and O–H groups in total. The minimum absolute atomic E-state index is 0.349. The van der Waals surface area contributed by atoms with Crippen LogP contribution in [0.2, 0.25) is 0 Å². The van der Waals surface area contributed by atoms with Gasteiger partial charge in [0.2, 0.25) is 0 Å². The summed E-state index contributed by atoms with van der Waals surface area (Å²) in [5.41, 5.74) is 2.61. The van der Waals surface area contributed by atoms with Gasteiger partial charge in [-0.25, -0.2) is 9.78 Å². The van der Waals surface area contributed by atoms with Gasteiger partial charge in [0.1, 0.15) is 5.01 Å². The molecule has 3 heterocycles. The van der Waals surface area contributed by atoms with Crippen LogP contribution in [0.5, 0.6) is 0 Å². The summed E-state index contributed by atoms with van der Waals surface area (Å²) in [4.78, 5) is 16.4. The number of carbonyl (C=O) groups excluding carboxylic acids is 1. The third-order valence-corrected chi connectivity index (χ3v) is 5.55. The van der Waals surface area contributed by atoms with Gasteiger partial charge in [-0.1, -0.05) is 18.2 Å². The first-order valence-corrected chi connectivity index (χ1v) is 9.61. The van der Waals surface area contributed by atoms with E-state index in [0.717, 1.165) is 16.3 Å². The van der Waals surface area contributed by atoms with Crippen molar-refractivity contribution in [1.82, 2.24) is 14.8 Å². The summed E-state index contributed by atoms with van der Waals surface area (Å²) in [5, 5.41) is 10.6. The lowest BCUT2D eigenvalue weighted by Gasteiger charge is -1.98. The highest BCUT2D eigenvalue weighted by molar-refractivity contribution is 7.17. The minimum Gasteiger partial charge on any atom is -0.462 e. The van der Waals surface area contributed by atoms with Crippen molar-refractivity contribution in [3.8, 4) is 11.3 Å². The molecule has 0 fully saturated rings. The first kappa shape index (κ1) is 16.0. The number of thiophene rings is 1. The molecule has 126 valence electrons. The van der Waals surface area contributed by atoms with Crippen molar-refractivity contribution >= 4 is 38.7 Å². The second kappa shape index (κ2) is 6.78. The summed E-state index contributed by atoms with van der Waals surface area (Å²) in [6, 6.07) is 8.34. The van der Waals surface area contributed by atoms with Crippen LogP contribution in [0.25, 0.3) is 21.3 Å². The maximum Gasteiger partial charge on any atom is 0.341 e. The molecular weight excluding hydrogens is 354 g/mol. The fraction of sp³-hybridized carbons (Fsp3) is 0.167. The molecule has 4 aromatic rings. The smallest absolute Gasteiger partial charge is 0.341 e. The van der Waals surface area contributed by atoms with Crippen LogP contribution in [0.3, 0.4) is 0 Å². The molecule has 7 heteroatoms. The van der Waals surface area contributed by atoms with Gasteiger partial charge in [-0.2, -0.15) is 5.10 Å². The predicted octanol–water partition coefficient (Wildman–Crippen LogP) is 4.45. The first-order chi connectivity index (χ1) is 12.2. The molecule has 0 atom stereocenters. The van der Waals surface area contributed by atoms with E-state index in [1.165, 1.54) is 16.3 Å².